The summed E-state index contributed by atoms with van der Waals surface area (Å²) in [7, 11) is 0. The van der Waals surface area contributed by atoms with Gasteiger partial charge in [0.05, 0.1) is 0 Å². The van der Waals surface area contributed by atoms with Gasteiger partial charge in [0.1, 0.15) is 17.7 Å². The number of alkyl carbamates (subject to hydrolysis) is 1. The summed E-state index contributed by atoms with van der Waals surface area (Å²) >= 11 is 0. The van der Waals surface area contributed by atoms with Gasteiger partial charge < -0.3 is 20.3 Å². The Bertz CT molecular complexity index is 1200. The molecular weight excluding hydrogens is 502 g/mol. The third kappa shape index (κ3) is 8.33. The van der Waals surface area contributed by atoms with E-state index in [2.05, 4.69) is 10.6 Å². The number of nitrogens with zero attached hydrogens (tertiary/aromatic N) is 1. The number of carbonyl (C=O) groups excluding carboxylic acids is 3. The van der Waals surface area contributed by atoms with Crippen molar-refractivity contribution in [3.05, 3.63) is 64.2 Å². The van der Waals surface area contributed by atoms with Crippen LogP contribution in [0, 0.1) is 33.6 Å². The highest BCUT2D eigenvalue weighted by Crippen LogP contribution is 2.34. The first-order chi connectivity index (χ1) is 18.4. The quantitative estimate of drug-likeness (QED) is 0.364. The molecule has 0 fully saturated rings. The number of anilines is 1. The van der Waals surface area contributed by atoms with E-state index in [4.69, 9.17) is 4.74 Å². The minimum atomic E-state index is -0.946. The van der Waals surface area contributed by atoms with Crippen LogP contribution >= 0.6 is 0 Å². The van der Waals surface area contributed by atoms with E-state index in [-0.39, 0.29) is 17.7 Å². The van der Waals surface area contributed by atoms with E-state index in [1.807, 2.05) is 98.7 Å². The zero-order valence-electron chi connectivity index (χ0n) is 26.5. The number of hydrogen-bond donors (Lipinski definition) is 2. The zero-order chi connectivity index (χ0) is 30.6. The van der Waals surface area contributed by atoms with E-state index in [1.165, 1.54) is 0 Å². The number of hydrogen-bond acceptors (Lipinski definition) is 4. The molecule has 220 valence electrons. The van der Waals surface area contributed by atoms with Gasteiger partial charge in [-0.3, -0.25) is 9.59 Å². The summed E-state index contributed by atoms with van der Waals surface area (Å²) in [6.45, 7) is 22.9. The molecule has 40 heavy (non-hydrogen) atoms. The summed E-state index contributed by atoms with van der Waals surface area (Å²) < 4.78 is 5.51. The van der Waals surface area contributed by atoms with Crippen molar-refractivity contribution in [2.24, 2.45) is 5.92 Å². The van der Waals surface area contributed by atoms with Gasteiger partial charge in [-0.1, -0.05) is 56.7 Å². The Morgan fingerprint density at radius 3 is 1.93 bits per heavy atom. The molecule has 0 bridgehead atoms. The standard InChI is InChI=1S/C33H49N3O4/c1-13-20(2)27(35-31(39)40-33(10,11)12)30(38)36(32(7,8)9)28(25-18-17-21(3)24(6)19-25)29(37)34-26-22(4)15-14-16-23(26)5/h14-20,27-28H,13H2,1-12H3,(H,34,37)(H,35,39). The van der Waals surface area contributed by atoms with Crippen LogP contribution in [-0.4, -0.2) is 40.0 Å². The van der Waals surface area contributed by atoms with Crippen molar-refractivity contribution in [1.29, 1.82) is 0 Å². The lowest BCUT2D eigenvalue weighted by atomic mass is 9.90. The van der Waals surface area contributed by atoms with Crippen LogP contribution in [0.2, 0.25) is 0 Å². The Balaban J connectivity index is 2.69. The van der Waals surface area contributed by atoms with Crippen LogP contribution in [0.3, 0.4) is 0 Å². The molecule has 2 aromatic carbocycles. The fourth-order valence-corrected chi connectivity index (χ4v) is 4.67. The molecule has 2 N–H and O–H groups in total. The Hall–Kier alpha value is -3.35. The number of rotatable bonds is 8. The maximum Gasteiger partial charge on any atom is 0.408 e. The van der Waals surface area contributed by atoms with Gasteiger partial charge in [-0.15, -0.1) is 0 Å². The van der Waals surface area contributed by atoms with Crippen LogP contribution in [0.15, 0.2) is 36.4 Å². The van der Waals surface area contributed by atoms with E-state index in [0.29, 0.717) is 12.0 Å². The monoisotopic (exact) mass is 551 g/mol. The Morgan fingerprint density at radius 1 is 0.875 bits per heavy atom. The molecule has 3 atom stereocenters. The zero-order valence-corrected chi connectivity index (χ0v) is 26.5. The topological polar surface area (TPSA) is 87.7 Å². The number of ether oxygens (including phenoxy) is 1. The average molecular weight is 552 g/mol. The first kappa shape index (κ1) is 32.9. The molecule has 2 rings (SSSR count). The number of para-hydroxylation sites is 1. The molecule has 3 unspecified atom stereocenters. The third-order valence-corrected chi connectivity index (χ3v) is 7.19. The highest BCUT2D eigenvalue weighted by Gasteiger charge is 2.43. The summed E-state index contributed by atoms with van der Waals surface area (Å²) in [5.41, 5.74) is 3.94. The Morgan fingerprint density at radius 2 is 1.45 bits per heavy atom. The van der Waals surface area contributed by atoms with E-state index in [0.717, 1.165) is 27.9 Å². The van der Waals surface area contributed by atoms with Gasteiger partial charge in [0.15, 0.2) is 0 Å². The van der Waals surface area contributed by atoms with Gasteiger partial charge in [-0.05, 0) is 103 Å². The molecule has 3 amide bonds. The average Bonchev–Trinajstić information content (AvgIpc) is 2.82. The van der Waals surface area contributed by atoms with Gasteiger partial charge in [0.25, 0.3) is 5.91 Å². The molecule has 0 heterocycles. The third-order valence-electron chi connectivity index (χ3n) is 7.19. The van der Waals surface area contributed by atoms with Crippen molar-refractivity contribution in [1.82, 2.24) is 10.2 Å². The first-order valence-electron chi connectivity index (χ1n) is 14.1. The molecule has 0 saturated carbocycles. The molecule has 0 aliphatic rings. The molecule has 0 aliphatic heterocycles. The van der Waals surface area contributed by atoms with Gasteiger partial charge >= 0.3 is 6.09 Å². The highest BCUT2D eigenvalue weighted by atomic mass is 16.6. The maximum absolute atomic E-state index is 14.5. The number of carbonyl (C=O) groups is 3. The molecule has 0 aliphatic carbocycles. The van der Waals surface area contributed by atoms with E-state index >= 15 is 0 Å². The molecule has 7 heteroatoms. The highest BCUT2D eigenvalue weighted by molar-refractivity contribution is 6.00. The minimum absolute atomic E-state index is 0.202. The minimum Gasteiger partial charge on any atom is -0.444 e. The summed E-state index contributed by atoms with van der Waals surface area (Å²) in [6.07, 6.45) is -0.0182. The lowest BCUT2D eigenvalue weighted by Gasteiger charge is -2.44. The molecule has 0 spiro atoms. The van der Waals surface area contributed by atoms with Crippen LogP contribution < -0.4 is 10.6 Å². The summed E-state index contributed by atoms with van der Waals surface area (Å²) in [6, 6.07) is 9.86. The number of aryl methyl sites for hydroxylation is 4. The molecular formula is C33H49N3O4. The van der Waals surface area contributed by atoms with Crippen molar-refractivity contribution in [2.75, 3.05) is 5.32 Å². The van der Waals surface area contributed by atoms with Crippen LogP contribution in [0.5, 0.6) is 0 Å². The van der Waals surface area contributed by atoms with Crippen LogP contribution in [-0.2, 0) is 14.3 Å². The summed E-state index contributed by atoms with van der Waals surface area (Å²) in [4.78, 5) is 43.3. The predicted molar refractivity (Wildman–Crippen MR) is 162 cm³/mol. The van der Waals surface area contributed by atoms with Crippen molar-refractivity contribution in [3.8, 4) is 0 Å². The van der Waals surface area contributed by atoms with Crippen molar-refractivity contribution < 1.29 is 19.1 Å². The van der Waals surface area contributed by atoms with Crippen molar-refractivity contribution in [2.45, 2.75) is 113 Å². The lowest BCUT2D eigenvalue weighted by molar-refractivity contribution is -0.147. The van der Waals surface area contributed by atoms with Crippen LogP contribution in [0.25, 0.3) is 0 Å². The van der Waals surface area contributed by atoms with Crippen LogP contribution in [0.4, 0.5) is 10.5 Å². The fourth-order valence-electron chi connectivity index (χ4n) is 4.67. The smallest absolute Gasteiger partial charge is 0.408 e. The van der Waals surface area contributed by atoms with E-state index in [9.17, 15) is 14.4 Å². The normalized spacial score (nSPS) is 14.1. The number of amides is 3. The lowest BCUT2D eigenvalue weighted by Crippen LogP contribution is -2.59. The molecule has 2 aromatic rings. The predicted octanol–water partition coefficient (Wildman–Crippen LogP) is 7.17. The molecule has 0 saturated heterocycles. The first-order valence-corrected chi connectivity index (χ1v) is 14.1. The molecule has 0 radical (unpaired) electrons. The summed E-state index contributed by atoms with van der Waals surface area (Å²) in [5, 5.41) is 5.95. The van der Waals surface area contributed by atoms with Gasteiger partial charge in [-0.25, -0.2) is 4.79 Å². The Kier molecular flexibility index (Phi) is 10.6. The second kappa shape index (κ2) is 12.9. The molecule has 7 nitrogen and oxygen atoms in total. The van der Waals surface area contributed by atoms with Gasteiger partial charge in [-0.2, -0.15) is 0 Å². The van der Waals surface area contributed by atoms with Gasteiger partial charge in [0, 0.05) is 11.2 Å². The second-order valence-corrected chi connectivity index (χ2v) is 12.9. The molecule has 0 aromatic heterocycles. The SMILES string of the molecule is CCC(C)C(NC(=O)OC(C)(C)C)C(=O)N(C(C(=O)Nc1c(C)cccc1C)c1ccc(C)c(C)c1)C(C)(C)C. The maximum atomic E-state index is 14.5. The van der Waals surface area contributed by atoms with Crippen LogP contribution in [0.1, 0.15) is 95.7 Å². The summed E-state index contributed by atoms with van der Waals surface area (Å²) in [5.74, 6) is -0.858. The van der Waals surface area contributed by atoms with Crippen molar-refractivity contribution >= 4 is 23.6 Å². The van der Waals surface area contributed by atoms with Crippen molar-refractivity contribution in [3.63, 3.8) is 0 Å². The Labute approximate surface area is 241 Å². The van der Waals surface area contributed by atoms with Gasteiger partial charge in [0.2, 0.25) is 5.91 Å². The second-order valence-electron chi connectivity index (χ2n) is 12.9. The van der Waals surface area contributed by atoms with E-state index < -0.39 is 29.3 Å². The van der Waals surface area contributed by atoms with E-state index in [1.54, 1.807) is 25.7 Å². The number of benzene rings is 2. The largest absolute Gasteiger partial charge is 0.444 e. The fraction of sp³-hybridized carbons (Fsp3) is 0.545. The number of nitrogens with one attached hydrogen (secondary N) is 2.